The van der Waals surface area contributed by atoms with Crippen LogP contribution in [0.2, 0.25) is 0 Å². The van der Waals surface area contributed by atoms with E-state index in [4.69, 9.17) is 10.9 Å². The number of pyridine rings is 1. The molecule has 1 aromatic heterocycles. The van der Waals surface area contributed by atoms with Crippen LogP contribution < -0.4 is 10.6 Å². The number of rotatable bonds is 5. The molecule has 0 spiro atoms. The number of amidine groups is 1. The molecule has 5 heteroatoms. The van der Waals surface area contributed by atoms with Crippen LogP contribution in [0, 0.1) is 5.92 Å². The number of hydrogen-bond acceptors (Lipinski definition) is 4. The summed E-state index contributed by atoms with van der Waals surface area (Å²) in [4.78, 5) is 6.64. The second kappa shape index (κ2) is 4.48. The van der Waals surface area contributed by atoms with Crippen LogP contribution in [0.1, 0.15) is 31.4 Å². The van der Waals surface area contributed by atoms with Crippen LogP contribution in [0.5, 0.6) is 0 Å². The standard InChI is InChI=1S/C13H18N4O/c14-13(16-18)12-11(2-1-7-15-12)17(10-5-6-10)8-9-3-4-9/h1-2,7,9-10,18H,3-6,8H2,(H2,14,16). The summed E-state index contributed by atoms with van der Waals surface area (Å²) in [5, 5.41) is 11.9. The van der Waals surface area contributed by atoms with Crippen LogP contribution >= 0.6 is 0 Å². The average molecular weight is 246 g/mol. The Bertz CT molecular complexity index is 466. The average Bonchev–Trinajstić information content (AvgIpc) is 3.28. The summed E-state index contributed by atoms with van der Waals surface area (Å²) in [6, 6.07) is 4.53. The van der Waals surface area contributed by atoms with Crippen LogP contribution in [-0.4, -0.2) is 28.6 Å². The van der Waals surface area contributed by atoms with Gasteiger partial charge in [-0.05, 0) is 43.7 Å². The second-order valence-electron chi connectivity index (χ2n) is 5.18. The number of nitrogens with two attached hydrogens (primary N) is 1. The monoisotopic (exact) mass is 246 g/mol. The first kappa shape index (κ1) is 11.3. The molecule has 0 bridgehead atoms. The molecule has 0 amide bonds. The quantitative estimate of drug-likeness (QED) is 0.358. The predicted molar refractivity (Wildman–Crippen MR) is 69.8 cm³/mol. The van der Waals surface area contributed by atoms with Crippen LogP contribution in [-0.2, 0) is 0 Å². The van der Waals surface area contributed by atoms with Crippen LogP contribution in [0.15, 0.2) is 23.5 Å². The number of hydrogen-bond donors (Lipinski definition) is 2. The molecule has 2 fully saturated rings. The fourth-order valence-corrected chi connectivity index (χ4v) is 2.28. The highest BCUT2D eigenvalue weighted by Gasteiger charge is 2.35. The van der Waals surface area contributed by atoms with Crippen LogP contribution in [0.3, 0.4) is 0 Å². The van der Waals surface area contributed by atoms with Gasteiger partial charge in [0.2, 0.25) is 0 Å². The molecule has 5 nitrogen and oxygen atoms in total. The van der Waals surface area contributed by atoms with Gasteiger partial charge >= 0.3 is 0 Å². The molecule has 1 heterocycles. The minimum absolute atomic E-state index is 0.0899. The van der Waals surface area contributed by atoms with Crippen molar-refractivity contribution in [2.75, 3.05) is 11.4 Å². The maximum Gasteiger partial charge on any atom is 0.190 e. The molecule has 2 aliphatic rings. The molecule has 0 aromatic carbocycles. The number of oxime groups is 1. The van der Waals surface area contributed by atoms with Crippen molar-refractivity contribution in [1.29, 1.82) is 0 Å². The fourth-order valence-electron chi connectivity index (χ4n) is 2.28. The van der Waals surface area contributed by atoms with E-state index < -0.39 is 0 Å². The first-order valence-corrected chi connectivity index (χ1v) is 6.49. The molecule has 2 aliphatic carbocycles. The van der Waals surface area contributed by atoms with Gasteiger partial charge in [-0.2, -0.15) is 0 Å². The van der Waals surface area contributed by atoms with Gasteiger partial charge in [-0.1, -0.05) is 5.16 Å². The summed E-state index contributed by atoms with van der Waals surface area (Å²) in [6.07, 6.45) is 6.79. The molecule has 3 rings (SSSR count). The third-order valence-corrected chi connectivity index (χ3v) is 3.59. The van der Waals surface area contributed by atoms with Gasteiger partial charge < -0.3 is 15.8 Å². The summed E-state index contributed by atoms with van der Waals surface area (Å²) in [7, 11) is 0. The van der Waals surface area contributed by atoms with E-state index in [1.54, 1.807) is 6.20 Å². The Kier molecular flexibility index (Phi) is 2.81. The lowest BCUT2D eigenvalue weighted by Crippen LogP contribution is -2.31. The summed E-state index contributed by atoms with van der Waals surface area (Å²) < 4.78 is 0. The lowest BCUT2D eigenvalue weighted by molar-refractivity contribution is 0.318. The van der Waals surface area contributed by atoms with E-state index in [1.807, 2.05) is 12.1 Å². The Balaban J connectivity index is 1.92. The van der Waals surface area contributed by atoms with Crippen molar-refractivity contribution in [3.05, 3.63) is 24.0 Å². The Labute approximate surface area is 106 Å². The largest absolute Gasteiger partial charge is 0.409 e. The van der Waals surface area contributed by atoms with Gasteiger partial charge in [0, 0.05) is 18.8 Å². The van der Waals surface area contributed by atoms with Gasteiger partial charge in [0.1, 0.15) is 5.69 Å². The summed E-state index contributed by atoms with van der Waals surface area (Å²) in [6.45, 7) is 1.07. The van der Waals surface area contributed by atoms with Gasteiger partial charge in [0.05, 0.1) is 5.69 Å². The van der Waals surface area contributed by atoms with E-state index in [2.05, 4.69) is 15.0 Å². The lowest BCUT2D eigenvalue weighted by atomic mass is 10.2. The lowest BCUT2D eigenvalue weighted by Gasteiger charge is -2.26. The zero-order valence-corrected chi connectivity index (χ0v) is 10.3. The molecule has 0 aliphatic heterocycles. The highest BCUT2D eigenvalue weighted by atomic mass is 16.4. The van der Waals surface area contributed by atoms with Gasteiger partial charge in [-0.3, -0.25) is 4.98 Å². The molecule has 3 N–H and O–H groups in total. The summed E-state index contributed by atoms with van der Waals surface area (Å²) in [5.41, 5.74) is 7.30. The molecule has 2 saturated carbocycles. The predicted octanol–water partition coefficient (Wildman–Crippen LogP) is 1.55. The minimum atomic E-state index is 0.0899. The molecule has 0 saturated heterocycles. The molecule has 18 heavy (non-hydrogen) atoms. The van der Waals surface area contributed by atoms with Crippen molar-refractivity contribution < 1.29 is 5.21 Å². The van der Waals surface area contributed by atoms with Gasteiger partial charge in [-0.15, -0.1) is 0 Å². The first-order valence-electron chi connectivity index (χ1n) is 6.49. The topological polar surface area (TPSA) is 74.7 Å². The summed E-state index contributed by atoms with van der Waals surface area (Å²) >= 11 is 0. The highest BCUT2D eigenvalue weighted by Crippen LogP contribution is 2.38. The van der Waals surface area contributed by atoms with Gasteiger partial charge in [-0.25, -0.2) is 0 Å². The van der Waals surface area contributed by atoms with Crippen molar-refractivity contribution in [3.63, 3.8) is 0 Å². The van der Waals surface area contributed by atoms with E-state index in [0.717, 1.165) is 18.2 Å². The Morgan fingerprint density at radius 1 is 1.44 bits per heavy atom. The molecule has 0 unspecified atom stereocenters. The smallest absolute Gasteiger partial charge is 0.190 e. The van der Waals surface area contributed by atoms with Gasteiger partial charge in [0.15, 0.2) is 5.84 Å². The molecule has 0 atom stereocenters. The highest BCUT2D eigenvalue weighted by molar-refractivity contribution is 6.00. The number of aromatic nitrogens is 1. The third kappa shape index (κ3) is 2.25. The third-order valence-electron chi connectivity index (χ3n) is 3.59. The Morgan fingerprint density at radius 3 is 2.83 bits per heavy atom. The van der Waals surface area contributed by atoms with E-state index >= 15 is 0 Å². The van der Waals surface area contributed by atoms with Crippen molar-refractivity contribution in [1.82, 2.24) is 4.98 Å². The van der Waals surface area contributed by atoms with Gasteiger partial charge in [0.25, 0.3) is 0 Å². The van der Waals surface area contributed by atoms with Crippen molar-refractivity contribution in [3.8, 4) is 0 Å². The van der Waals surface area contributed by atoms with E-state index in [1.165, 1.54) is 25.7 Å². The minimum Gasteiger partial charge on any atom is -0.409 e. The van der Waals surface area contributed by atoms with Crippen molar-refractivity contribution >= 4 is 11.5 Å². The maximum absolute atomic E-state index is 8.85. The van der Waals surface area contributed by atoms with Crippen LogP contribution in [0.25, 0.3) is 0 Å². The molecule has 0 radical (unpaired) electrons. The fraction of sp³-hybridized carbons (Fsp3) is 0.538. The molecular formula is C13H18N4O. The second-order valence-corrected chi connectivity index (χ2v) is 5.18. The Hall–Kier alpha value is -1.78. The molecule has 1 aromatic rings. The van der Waals surface area contributed by atoms with Crippen molar-refractivity contribution in [2.45, 2.75) is 31.7 Å². The summed E-state index contributed by atoms with van der Waals surface area (Å²) in [5.74, 6) is 0.901. The van der Waals surface area contributed by atoms with E-state index in [0.29, 0.717) is 11.7 Å². The Morgan fingerprint density at radius 2 is 2.22 bits per heavy atom. The zero-order chi connectivity index (χ0) is 12.5. The SMILES string of the molecule is N/C(=N/O)c1ncccc1N(CC1CC1)C1CC1. The number of nitrogens with zero attached hydrogens (tertiary/aromatic N) is 3. The van der Waals surface area contributed by atoms with Crippen LogP contribution in [0.4, 0.5) is 5.69 Å². The first-order chi connectivity index (χ1) is 8.79. The maximum atomic E-state index is 8.85. The molecule has 96 valence electrons. The normalized spacial score (nSPS) is 19.9. The molecular weight excluding hydrogens is 228 g/mol. The van der Waals surface area contributed by atoms with E-state index in [-0.39, 0.29) is 5.84 Å². The number of anilines is 1. The van der Waals surface area contributed by atoms with Crippen molar-refractivity contribution in [2.24, 2.45) is 16.8 Å². The van der Waals surface area contributed by atoms with E-state index in [9.17, 15) is 0 Å². The zero-order valence-electron chi connectivity index (χ0n) is 10.3.